The van der Waals surface area contributed by atoms with Gasteiger partial charge in [-0.15, -0.1) is 0 Å². The summed E-state index contributed by atoms with van der Waals surface area (Å²) < 4.78 is 5.05. The number of nitrogens with one attached hydrogen (secondary N) is 1. The minimum Gasteiger partial charge on any atom is -0.463 e. The number of hydrogen-bond donors (Lipinski definition) is 1. The summed E-state index contributed by atoms with van der Waals surface area (Å²) in [6, 6.07) is -0.0402. The molecule has 2 unspecified atom stereocenters. The standard InChI is InChI=1S/C8H14BrNO2/c1-2-6(9)5-12-8(11)7-3-4-10-7/h6-7,10H,2-5H2,1H3. The van der Waals surface area contributed by atoms with Crippen molar-refractivity contribution < 1.29 is 9.53 Å². The van der Waals surface area contributed by atoms with E-state index in [2.05, 4.69) is 28.2 Å². The van der Waals surface area contributed by atoms with E-state index in [0.29, 0.717) is 11.4 Å². The van der Waals surface area contributed by atoms with Gasteiger partial charge in [-0.2, -0.15) is 0 Å². The number of esters is 1. The first-order chi connectivity index (χ1) is 5.74. The molecule has 0 aromatic carbocycles. The number of carbonyl (C=O) groups excluding carboxylic acids is 1. The average molecular weight is 236 g/mol. The zero-order chi connectivity index (χ0) is 8.97. The second-order valence-electron chi connectivity index (χ2n) is 2.93. The molecule has 0 spiro atoms. The lowest BCUT2D eigenvalue weighted by atomic mass is 10.1. The van der Waals surface area contributed by atoms with Crippen LogP contribution in [0.1, 0.15) is 19.8 Å². The molecule has 0 aliphatic carbocycles. The van der Waals surface area contributed by atoms with Crippen LogP contribution in [0, 0.1) is 0 Å². The van der Waals surface area contributed by atoms with E-state index in [4.69, 9.17) is 4.74 Å². The SMILES string of the molecule is CCC(Br)COC(=O)C1CCN1. The third-order valence-corrected chi connectivity index (χ3v) is 2.87. The molecule has 1 rings (SSSR count). The van der Waals surface area contributed by atoms with Crippen LogP contribution in [-0.2, 0) is 9.53 Å². The lowest BCUT2D eigenvalue weighted by Gasteiger charge is -2.25. The first kappa shape index (κ1) is 9.99. The summed E-state index contributed by atoms with van der Waals surface area (Å²) in [7, 11) is 0. The van der Waals surface area contributed by atoms with Gasteiger partial charge in [-0.1, -0.05) is 22.9 Å². The van der Waals surface area contributed by atoms with Gasteiger partial charge < -0.3 is 10.1 Å². The number of carbonyl (C=O) groups is 1. The molecular weight excluding hydrogens is 222 g/mol. The number of hydrogen-bond acceptors (Lipinski definition) is 3. The highest BCUT2D eigenvalue weighted by molar-refractivity contribution is 9.09. The summed E-state index contributed by atoms with van der Waals surface area (Å²) >= 11 is 3.40. The van der Waals surface area contributed by atoms with E-state index in [-0.39, 0.29) is 12.0 Å². The van der Waals surface area contributed by atoms with Crippen LogP contribution in [0.5, 0.6) is 0 Å². The van der Waals surface area contributed by atoms with Gasteiger partial charge in [0.1, 0.15) is 12.6 Å². The molecule has 1 aliphatic heterocycles. The fourth-order valence-electron chi connectivity index (χ4n) is 0.881. The van der Waals surface area contributed by atoms with E-state index < -0.39 is 0 Å². The highest BCUT2D eigenvalue weighted by Crippen LogP contribution is 2.08. The minimum absolute atomic E-state index is 0.0402. The molecule has 2 atom stereocenters. The lowest BCUT2D eigenvalue weighted by Crippen LogP contribution is -2.49. The van der Waals surface area contributed by atoms with Gasteiger partial charge in [0.15, 0.2) is 0 Å². The topological polar surface area (TPSA) is 38.3 Å². The molecular formula is C8H14BrNO2. The molecule has 0 radical (unpaired) electrons. The summed E-state index contributed by atoms with van der Waals surface area (Å²) in [5, 5.41) is 3.00. The van der Waals surface area contributed by atoms with Gasteiger partial charge in [0.2, 0.25) is 0 Å². The van der Waals surface area contributed by atoms with E-state index in [1.165, 1.54) is 0 Å². The molecule has 70 valence electrons. The van der Waals surface area contributed by atoms with E-state index >= 15 is 0 Å². The molecule has 1 heterocycles. The van der Waals surface area contributed by atoms with Gasteiger partial charge in [-0.25, -0.2) is 0 Å². The van der Waals surface area contributed by atoms with Gasteiger partial charge in [-0.3, -0.25) is 4.79 Å². The number of halogens is 1. The molecule has 3 nitrogen and oxygen atoms in total. The molecule has 1 N–H and O–H groups in total. The van der Waals surface area contributed by atoms with E-state index in [0.717, 1.165) is 19.4 Å². The maximum atomic E-state index is 11.1. The predicted octanol–water partition coefficient (Wildman–Crippen LogP) is 1.06. The Morgan fingerprint density at radius 1 is 1.83 bits per heavy atom. The Hall–Kier alpha value is -0.0900. The van der Waals surface area contributed by atoms with Crippen molar-refractivity contribution in [2.75, 3.05) is 13.2 Å². The zero-order valence-corrected chi connectivity index (χ0v) is 8.76. The second-order valence-corrected chi connectivity index (χ2v) is 4.23. The summed E-state index contributed by atoms with van der Waals surface area (Å²) in [6.45, 7) is 3.47. The van der Waals surface area contributed by atoms with Gasteiger partial charge in [0.25, 0.3) is 0 Å². The van der Waals surface area contributed by atoms with Gasteiger partial charge >= 0.3 is 5.97 Å². The van der Waals surface area contributed by atoms with Crippen LogP contribution < -0.4 is 5.32 Å². The van der Waals surface area contributed by atoms with E-state index in [1.54, 1.807) is 0 Å². The van der Waals surface area contributed by atoms with Crippen LogP contribution in [0.3, 0.4) is 0 Å². The smallest absolute Gasteiger partial charge is 0.323 e. The van der Waals surface area contributed by atoms with Crippen molar-refractivity contribution in [1.82, 2.24) is 5.32 Å². The van der Waals surface area contributed by atoms with Crippen molar-refractivity contribution in [3.05, 3.63) is 0 Å². The summed E-state index contributed by atoms with van der Waals surface area (Å²) in [4.78, 5) is 11.4. The molecule has 0 saturated carbocycles. The van der Waals surface area contributed by atoms with Crippen molar-refractivity contribution in [3.63, 3.8) is 0 Å². The Balaban J connectivity index is 2.09. The van der Waals surface area contributed by atoms with E-state index in [9.17, 15) is 4.79 Å². The van der Waals surface area contributed by atoms with Crippen LogP contribution in [0.2, 0.25) is 0 Å². The van der Waals surface area contributed by atoms with Crippen LogP contribution in [0.15, 0.2) is 0 Å². The Morgan fingerprint density at radius 2 is 2.50 bits per heavy atom. The Kier molecular flexibility index (Phi) is 4.01. The maximum Gasteiger partial charge on any atom is 0.323 e. The highest BCUT2D eigenvalue weighted by Gasteiger charge is 2.26. The molecule has 4 heteroatoms. The molecule has 0 aromatic rings. The molecule has 0 bridgehead atoms. The van der Waals surface area contributed by atoms with Crippen molar-refractivity contribution in [2.24, 2.45) is 0 Å². The summed E-state index contributed by atoms with van der Waals surface area (Å²) in [6.07, 6.45) is 1.89. The monoisotopic (exact) mass is 235 g/mol. The molecule has 12 heavy (non-hydrogen) atoms. The molecule has 1 aliphatic rings. The molecule has 0 amide bonds. The number of alkyl halides is 1. The second kappa shape index (κ2) is 4.82. The highest BCUT2D eigenvalue weighted by atomic mass is 79.9. The number of rotatable bonds is 4. The van der Waals surface area contributed by atoms with Crippen LogP contribution in [-0.4, -0.2) is 30.0 Å². The Bertz CT molecular complexity index is 159. The third-order valence-electron chi connectivity index (χ3n) is 1.96. The zero-order valence-electron chi connectivity index (χ0n) is 7.18. The number of ether oxygens (including phenoxy) is 1. The summed E-state index contributed by atoms with van der Waals surface area (Å²) in [5.74, 6) is -0.112. The Labute approximate surface area is 81.0 Å². The molecule has 0 aromatic heterocycles. The van der Waals surface area contributed by atoms with Gasteiger partial charge in [0, 0.05) is 4.83 Å². The first-order valence-electron chi connectivity index (χ1n) is 4.28. The first-order valence-corrected chi connectivity index (χ1v) is 5.19. The molecule has 1 fully saturated rings. The minimum atomic E-state index is -0.112. The van der Waals surface area contributed by atoms with Gasteiger partial charge in [-0.05, 0) is 19.4 Å². The van der Waals surface area contributed by atoms with Crippen molar-refractivity contribution in [3.8, 4) is 0 Å². The van der Waals surface area contributed by atoms with Crippen molar-refractivity contribution >= 4 is 21.9 Å². The fourth-order valence-corrected chi connectivity index (χ4v) is 1.01. The quantitative estimate of drug-likeness (QED) is 0.586. The fraction of sp³-hybridized carbons (Fsp3) is 0.875. The van der Waals surface area contributed by atoms with Crippen LogP contribution in [0.4, 0.5) is 0 Å². The van der Waals surface area contributed by atoms with Crippen LogP contribution >= 0.6 is 15.9 Å². The molecule has 1 saturated heterocycles. The van der Waals surface area contributed by atoms with Crippen molar-refractivity contribution in [1.29, 1.82) is 0 Å². The van der Waals surface area contributed by atoms with Crippen LogP contribution in [0.25, 0.3) is 0 Å². The third kappa shape index (κ3) is 2.75. The predicted molar refractivity (Wildman–Crippen MR) is 50.4 cm³/mol. The normalized spacial score (nSPS) is 24.3. The van der Waals surface area contributed by atoms with Gasteiger partial charge in [0.05, 0.1) is 0 Å². The lowest BCUT2D eigenvalue weighted by molar-refractivity contribution is -0.147. The largest absolute Gasteiger partial charge is 0.463 e. The summed E-state index contributed by atoms with van der Waals surface area (Å²) in [5.41, 5.74) is 0. The van der Waals surface area contributed by atoms with Crippen molar-refractivity contribution in [2.45, 2.75) is 30.6 Å². The Morgan fingerprint density at radius 3 is 2.92 bits per heavy atom. The van der Waals surface area contributed by atoms with E-state index in [1.807, 2.05) is 0 Å². The average Bonchev–Trinajstić information content (AvgIpc) is 1.97. The maximum absolute atomic E-state index is 11.1.